The Hall–Kier alpha value is -1.59. The van der Waals surface area contributed by atoms with Crippen LogP contribution in [-0.2, 0) is 9.31 Å². The first-order valence-corrected chi connectivity index (χ1v) is 7.12. The molecule has 2 heterocycles. The van der Waals surface area contributed by atoms with Crippen LogP contribution in [0.2, 0.25) is 0 Å². The number of aromatic nitrogens is 1. The van der Waals surface area contributed by atoms with E-state index in [2.05, 4.69) is 32.7 Å². The van der Waals surface area contributed by atoms with Crippen LogP contribution in [0.3, 0.4) is 0 Å². The van der Waals surface area contributed by atoms with E-state index in [9.17, 15) is 0 Å². The van der Waals surface area contributed by atoms with Crippen LogP contribution in [0.5, 0.6) is 5.75 Å². The molecule has 0 spiro atoms. The SMILES string of the molecule is COc1cnc2cccc(B3OC(C)(C)C(C)(C)O3)c2c1. The molecule has 1 aromatic carbocycles. The van der Waals surface area contributed by atoms with Gasteiger partial charge in [0, 0.05) is 5.39 Å². The molecule has 0 saturated carbocycles. The number of hydrogen-bond acceptors (Lipinski definition) is 4. The van der Waals surface area contributed by atoms with Gasteiger partial charge in [-0.3, -0.25) is 4.98 Å². The third-order valence-corrected chi connectivity index (χ3v) is 4.48. The van der Waals surface area contributed by atoms with E-state index in [1.165, 1.54) is 0 Å². The maximum atomic E-state index is 6.14. The smallest absolute Gasteiger partial charge is 0.495 e. The maximum Gasteiger partial charge on any atom is 0.495 e. The Balaban J connectivity index is 2.09. The fourth-order valence-electron chi connectivity index (χ4n) is 2.44. The zero-order chi connectivity index (χ0) is 15.3. The van der Waals surface area contributed by atoms with Crippen LogP contribution in [0.1, 0.15) is 27.7 Å². The summed E-state index contributed by atoms with van der Waals surface area (Å²) in [5.41, 5.74) is 1.18. The lowest BCUT2D eigenvalue weighted by Gasteiger charge is -2.32. The van der Waals surface area contributed by atoms with Crippen molar-refractivity contribution in [1.29, 1.82) is 0 Å². The van der Waals surface area contributed by atoms with E-state index in [0.717, 1.165) is 22.1 Å². The molecule has 5 heteroatoms. The summed E-state index contributed by atoms with van der Waals surface area (Å²) in [6, 6.07) is 7.94. The molecule has 2 aromatic rings. The zero-order valence-corrected chi connectivity index (χ0v) is 13.1. The highest BCUT2D eigenvalue weighted by Crippen LogP contribution is 2.37. The Morgan fingerprint density at radius 3 is 2.38 bits per heavy atom. The highest BCUT2D eigenvalue weighted by atomic mass is 16.7. The lowest BCUT2D eigenvalue weighted by molar-refractivity contribution is 0.00578. The van der Waals surface area contributed by atoms with Crippen molar-refractivity contribution in [2.75, 3.05) is 7.11 Å². The van der Waals surface area contributed by atoms with Gasteiger partial charge in [0.1, 0.15) is 5.75 Å². The largest absolute Gasteiger partial charge is 0.495 e. The molecule has 1 aliphatic rings. The number of pyridine rings is 1. The first kappa shape index (κ1) is 14.4. The number of ether oxygens (including phenoxy) is 1. The Kier molecular flexibility index (Phi) is 3.22. The van der Waals surface area contributed by atoms with Crippen LogP contribution in [-0.4, -0.2) is 30.4 Å². The molecule has 110 valence electrons. The van der Waals surface area contributed by atoms with Gasteiger partial charge in [-0.1, -0.05) is 12.1 Å². The van der Waals surface area contributed by atoms with Crippen molar-refractivity contribution in [3.63, 3.8) is 0 Å². The molecule has 0 amide bonds. The van der Waals surface area contributed by atoms with Crippen LogP contribution in [0.25, 0.3) is 10.9 Å². The third-order valence-electron chi connectivity index (χ3n) is 4.48. The second-order valence-electron chi connectivity index (χ2n) is 6.38. The molecular weight excluding hydrogens is 265 g/mol. The number of fused-ring (bicyclic) bond motifs is 1. The van der Waals surface area contributed by atoms with Gasteiger partial charge in [-0.25, -0.2) is 0 Å². The second-order valence-corrected chi connectivity index (χ2v) is 6.38. The van der Waals surface area contributed by atoms with Crippen molar-refractivity contribution in [2.24, 2.45) is 0 Å². The van der Waals surface area contributed by atoms with Gasteiger partial charge in [0.2, 0.25) is 0 Å². The highest BCUT2D eigenvalue weighted by Gasteiger charge is 2.52. The standard InChI is InChI=1S/C16H20BNO3/c1-15(2)16(3,4)21-17(20-15)13-7-6-8-14-12(13)9-11(19-5)10-18-14/h6-10H,1-5H3. The topological polar surface area (TPSA) is 40.6 Å². The minimum atomic E-state index is -0.396. The highest BCUT2D eigenvalue weighted by molar-refractivity contribution is 6.65. The number of benzene rings is 1. The molecule has 0 atom stereocenters. The van der Waals surface area contributed by atoms with Gasteiger partial charge < -0.3 is 14.0 Å². The average molecular weight is 285 g/mol. The Labute approximate surface area is 125 Å². The molecule has 0 N–H and O–H groups in total. The van der Waals surface area contributed by atoms with Crippen LogP contribution < -0.4 is 10.2 Å². The molecule has 0 bridgehead atoms. The van der Waals surface area contributed by atoms with Gasteiger partial charge in [0.05, 0.1) is 30.0 Å². The molecule has 21 heavy (non-hydrogen) atoms. The predicted molar refractivity (Wildman–Crippen MR) is 84.0 cm³/mol. The van der Waals surface area contributed by atoms with Crippen molar-refractivity contribution in [1.82, 2.24) is 4.98 Å². The summed E-state index contributed by atoms with van der Waals surface area (Å²) in [5.74, 6) is 0.728. The van der Waals surface area contributed by atoms with Gasteiger partial charge in [-0.15, -0.1) is 0 Å². The second kappa shape index (κ2) is 4.72. The first-order valence-electron chi connectivity index (χ1n) is 7.12. The van der Waals surface area contributed by atoms with Crippen molar-refractivity contribution in [2.45, 2.75) is 38.9 Å². The molecule has 1 saturated heterocycles. The number of methoxy groups -OCH3 is 1. The predicted octanol–water partition coefficient (Wildman–Crippen LogP) is 2.54. The fourth-order valence-corrected chi connectivity index (χ4v) is 2.44. The Morgan fingerprint density at radius 1 is 1.10 bits per heavy atom. The van der Waals surface area contributed by atoms with Crippen LogP contribution >= 0.6 is 0 Å². The average Bonchev–Trinajstić information content (AvgIpc) is 2.66. The van der Waals surface area contributed by atoms with Crippen molar-refractivity contribution in [3.8, 4) is 5.75 Å². The van der Waals surface area contributed by atoms with E-state index >= 15 is 0 Å². The van der Waals surface area contributed by atoms with Crippen LogP contribution in [0, 0.1) is 0 Å². The van der Waals surface area contributed by atoms with Crippen molar-refractivity contribution in [3.05, 3.63) is 30.5 Å². The summed E-state index contributed by atoms with van der Waals surface area (Å²) in [6.07, 6.45) is 1.72. The fraction of sp³-hybridized carbons (Fsp3) is 0.438. The molecule has 1 aromatic heterocycles. The summed E-state index contributed by atoms with van der Waals surface area (Å²) in [6.45, 7) is 8.21. The van der Waals surface area contributed by atoms with E-state index < -0.39 is 7.12 Å². The van der Waals surface area contributed by atoms with Crippen LogP contribution in [0.15, 0.2) is 30.5 Å². The molecule has 1 fully saturated rings. The number of nitrogens with zero attached hydrogens (tertiary/aromatic N) is 1. The van der Waals surface area contributed by atoms with E-state index in [1.54, 1.807) is 13.3 Å². The Morgan fingerprint density at radius 2 is 1.76 bits per heavy atom. The minimum Gasteiger partial charge on any atom is -0.495 e. The normalized spacial score (nSPS) is 20.0. The lowest BCUT2D eigenvalue weighted by Crippen LogP contribution is -2.41. The molecule has 0 aliphatic carbocycles. The third kappa shape index (κ3) is 2.30. The summed E-state index contributed by atoms with van der Waals surface area (Å²) < 4.78 is 17.6. The van der Waals surface area contributed by atoms with Gasteiger partial charge in [-0.05, 0) is 45.3 Å². The quantitative estimate of drug-likeness (QED) is 0.795. The monoisotopic (exact) mass is 285 g/mol. The molecule has 0 unspecified atom stereocenters. The zero-order valence-electron chi connectivity index (χ0n) is 13.1. The first-order chi connectivity index (χ1) is 9.84. The maximum absolute atomic E-state index is 6.14. The molecule has 4 nitrogen and oxygen atoms in total. The summed E-state index contributed by atoms with van der Waals surface area (Å²) in [4.78, 5) is 4.42. The number of rotatable bonds is 2. The van der Waals surface area contributed by atoms with E-state index in [1.807, 2.05) is 24.3 Å². The lowest BCUT2D eigenvalue weighted by atomic mass is 9.76. The van der Waals surface area contributed by atoms with E-state index in [0.29, 0.717) is 0 Å². The van der Waals surface area contributed by atoms with Gasteiger partial charge in [-0.2, -0.15) is 0 Å². The summed E-state index contributed by atoms with van der Waals surface area (Å²) in [7, 11) is 1.24. The molecule has 3 rings (SSSR count). The summed E-state index contributed by atoms with van der Waals surface area (Å²) >= 11 is 0. The molecular formula is C16H20BNO3. The molecule has 1 aliphatic heterocycles. The van der Waals surface area contributed by atoms with E-state index in [-0.39, 0.29) is 11.2 Å². The van der Waals surface area contributed by atoms with Crippen LogP contribution in [0.4, 0.5) is 0 Å². The van der Waals surface area contributed by atoms with Crippen molar-refractivity contribution < 1.29 is 14.0 Å². The van der Waals surface area contributed by atoms with Crippen molar-refractivity contribution >= 4 is 23.5 Å². The molecule has 0 radical (unpaired) electrons. The van der Waals surface area contributed by atoms with Gasteiger partial charge in [0.15, 0.2) is 0 Å². The minimum absolute atomic E-state index is 0.355. The van der Waals surface area contributed by atoms with Gasteiger partial charge in [0.25, 0.3) is 0 Å². The Bertz CT molecular complexity index is 668. The van der Waals surface area contributed by atoms with E-state index in [4.69, 9.17) is 14.0 Å². The number of hydrogen-bond donors (Lipinski definition) is 0. The summed E-state index contributed by atoms with van der Waals surface area (Å²) in [5, 5.41) is 0.996. The van der Waals surface area contributed by atoms with Gasteiger partial charge >= 0.3 is 7.12 Å².